The van der Waals surface area contributed by atoms with Crippen LogP contribution in [-0.2, 0) is 0 Å². The van der Waals surface area contributed by atoms with Gasteiger partial charge in [0.1, 0.15) is 11.4 Å². The molecular weight excluding hydrogens is 220 g/mol. The van der Waals surface area contributed by atoms with Crippen molar-refractivity contribution < 1.29 is 15.0 Å². The number of aromatic carboxylic acids is 1. The standard InChI is InChI=1S/C12H12N2O3/c1-6-3-4-10(15)11(7(6)2)8-5-9(12(16)17)14-13-8/h3-5,15H,1-2H3,(H,13,14)(H,16,17). The van der Waals surface area contributed by atoms with Gasteiger partial charge in [0.25, 0.3) is 0 Å². The van der Waals surface area contributed by atoms with Gasteiger partial charge in [-0.25, -0.2) is 4.79 Å². The van der Waals surface area contributed by atoms with Crippen molar-refractivity contribution in [3.8, 4) is 17.0 Å². The highest BCUT2D eigenvalue weighted by Crippen LogP contribution is 2.32. The SMILES string of the molecule is Cc1ccc(O)c(-c2cc(C(=O)O)[nH]n2)c1C. The van der Waals surface area contributed by atoms with E-state index >= 15 is 0 Å². The van der Waals surface area contributed by atoms with Gasteiger partial charge < -0.3 is 10.2 Å². The van der Waals surface area contributed by atoms with Crippen LogP contribution >= 0.6 is 0 Å². The molecule has 0 atom stereocenters. The predicted octanol–water partition coefficient (Wildman–Crippen LogP) is 2.10. The molecule has 0 saturated carbocycles. The molecule has 0 fully saturated rings. The number of carbonyl (C=O) groups is 1. The zero-order chi connectivity index (χ0) is 12.6. The minimum atomic E-state index is -1.08. The number of benzene rings is 1. The molecule has 88 valence electrons. The summed E-state index contributed by atoms with van der Waals surface area (Å²) in [7, 11) is 0. The lowest BCUT2D eigenvalue weighted by atomic mass is 10.00. The van der Waals surface area contributed by atoms with Gasteiger partial charge in [-0.3, -0.25) is 5.10 Å². The first-order valence-corrected chi connectivity index (χ1v) is 5.09. The summed E-state index contributed by atoms with van der Waals surface area (Å²) in [6.07, 6.45) is 0. The molecule has 2 aromatic rings. The van der Waals surface area contributed by atoms with E-state index in [1.807, 2.05) is 13.8 Å². The molecule has 1 aromatic carbocycles. The van der Waals surface area contributed by atoms with Crippen molar-refractivity contribution >= 4 is 5.97 Å². The maximum absolute atomic E-state index is 10.7. The zero-order valence-corrected chi connectivity index (χ0v) is 9.48. The fourth-order valence-electron chi connectivity index (χ4n) is 1.68. The van der Waals surface area contributed by atoms with Crippen LogP contribution in [0.4, 0.5) is 0 Å². The monoisotopic (exact) mass is 232 g/mol. The topological polar surface area (TPSA) is 86.2 Å². The van der Waals surface area contributed by atoms with Crippen molar-refractivity contribution in [3.63, 3.8) is 0 Å². The number of hydrogen-bond donors (Lipinski definition) is 3. The lowest BCUT2D eigenvalue weighted by Gasteiger charge is -2.08. The molecule has 1 heterocycles. The molecule has 1 aromatic heterocycles. The van der Waals surface area contributed by atoms with Crippen LogP contribution in [0.5, 0.6) is 5.75 Å². The van der Waals surface area contributed by atoms with Crippen molar-refractivity contribution in [2.24, 2.45) is 0 Å². The number of carboxylic acids is 1. The number of H-pyrrole nitrogens is 1. The Balaban J connectivity index is 2.60. The van der Waals surface area contributed by atoms with Crippen molar-refractivity contribution in [1.82, 2.24) is 10.2 Å². The Morgan fingerprint density at radius 3 is 2.65 bits per heavy atom. The zero-order valence-electron chi connectivity index (χ0n) is 9.48. The van der Waals surface area contributed by atoms with E-state index in [2.05, 4.69) is 10.2 Å². The summed E-state index contributed by atoms with van der Waals surface area (Å²) in [6.45, 7) is 3.78. The lowest BCUT2D eigenvalue weighted by Crippen LogP contribution is -1.95. The summed E-state index contributed by atoms with van der Waals surface area (Å²) < 4.78 is 0. The van der Waals surface area contributed by atoms with Crippen LogP contribution < -0.4 is 0 Å². The van der Waals surface area contributed by atoms with Crippen molar-refractivity contribution in [1.29, 1.82) is 0 Å². The van der Waals surface area contributed by atoms with Gasteiger partial charge in [-0.05, 0) is 37.1 Å². The van der Waals surface area contributed by atoms with Gasteiger partial charge in [0.2, 0.25) is 0 Å². The third-order valence-electron chi connectivity index (χ3n) is 2.78. The van der Waals surface area contributed by atoms with Crippen LogP contribution in [0.25, 0.3) is 11.3 Å². The van der Waals surface area contributed by atoms with Gasteiger partial charge in [-0.15, -0.1) is 0 Å². The van der Waals surface area contributed by atoms with E-state index in [-0.39, 0.29) is 11.4 Å². The smallest absolute Gasteiger partial charge is 0.353 e. The number of aromatic amines is 1. The molecule has 0 saturated heterocycles. The fraction of sp³-hybridized carbons (Fsp3) is 0.167. The highest BCUT2D eigenvalue weighted by atomic mass is 16.4. The average molecular weight is 232 g/mol. The molecule has 0 aliphatic heterocycles. The number of hydrogen-bond acceptors (Lipinski definition) is 3. The molecule has 3 N–H and O–H groups in total. The molecule has 5 heteroatoms. The lowest BCUT2D eigenvalue weighted by molar-refractivity contribution is 0.0690. The Morgan fingerprint density at radius 2 is 2.06 bits per heavy atom. The van der Waals surface area contributed by atoms with Gasteiger partial charge in [0.15, 0.2) is 0 Å². The molecule has 0 unspecified atom stereocenters. The molecule has 0 aliphatic carbocycles. The average Bonchev–Trinajstić information content (AvgIpc) is 2.73. The number of aromatic nitrogens is 2. The third kappa shape index (κ3) is 1.87. The Kier molecular flexibility index (Phi) is 2.59. The van der Waals surface area contributed by atoms with Crippen molar-refractivity contribution in [2.45, 2.75) is 13.8 Å². The number of phenolic OH excluding ortho intramolecular Hbond substituents is 1. The maximum Gasteiger partial charge on any atom is 0.353 e. The maximum atomic E-state index is 10.7. The summed E-state index contributed by atoms with van der Waals surface area (Å²) in [4.78, 5) is 10.7. The van der Waals surface area contributed by atoms with E-state index in [1.54, 1.807) is 12.1 Å². The molecule has 0 bridgehead atoms. The second-order valence-corrected chi connectivity index (χ2v) is 3.87. The van der Waals surface area contributed by atoms with E-state index in [0.717, 1.165) is 11.1 Å². The number of aryl methyl sites for hydroxylation is 1. The van der Waals surface area contributed by atoms with Gasteiger partial charge in [-0.2, -0.15) is 5.10 Å². The van der Waals surface area contributed by atoms with Crippen LogP contribution in [0, 0.1) is 13.8 Å². The molecule has 17 heavy (non-hydrogen) atoms. The Hall–Kier alpha value is -2.30. The number of nitrogens with zero attached hydrogens (tertiary/aromatic N) is 1. The van der Waals surface area contributed by atoms with E-state index in [1.165, 1.54) is 6.07 Å². The number of carboxylic acid groups (broad SMARTS) is 1. The van der Waals surface area contributed by atoms with Crippen LogP contribution in [0.2, 0.25) is 0 Å². The predicted molar refractivity (Wildman–Crippen MR) is 62.1 cm³/mol. The van der Waals surface area contributed by atoms with Gasteiger partial charge in [0.05, 0.1) is 5.69 Å². The number of aromatic hydroxyl groups is 1. The largest absolute Gasteiger partial charge is 0.507 e. The van der Waals surface area contributed by atoms with E-state index in [4.69, 9.17) is 5.11 Å². The summed E-state index contributed by atoms with van der Waals surface area (Å²) >= 11 is 0. The normalized spacial score (nSPS) is 10.5. The van der Waals surface area contributed by atoms with E-state index < -0.39 is 5.97 Å². The number of phenols is 1. The van der Waals surface area contributed by atoms with Crippen LogP contribution in [0.1, 0.15) is 21.6 Å². The molecule has 0 spiro atoms. The molecular formula is C12H12N2O3. The van der Waals surface area contributed by atoms with Crippen LogP contribution in [-0.4, -0.2) is 26.4 Å². The molecule has 5 nitrogen and oxygen atoms in total. The summed E-state index contributed by atoms with van der Waals surface area (Å²) in [6, 6.07) is 4.79. The third-order valence-corrected chi connectivity index (χ3v) is 2.78. The second-order valence-electron chi connectivity index (χ2n) is 3.87. The fourth-order valence-corrected chi connectivity index (χ4v) is 1.68. The number of nitrogens with one attached hydrogen (secondary N) is 1. The molecule has 0 amide bonds. The first-order valence-electron chi connectivity index (χ1n) is 5.09. The molecule has 0 radical (unpaired) electrons. The van der Waals surface area contributed by atoms with Crippen LogP contribution in [0.3, 0.4) is 0 Å². The van der Waals surface area contributed by atoms with Crippen LogP contribution in [0.15, 0.2) is 18.2 Å². The summed E-state index contributed by atoms with van der Waals surface area (Å²) in [5, 5.41) is 24.9. The first-order chi connectivity index (χ1) is 8.00. The Morgan fingerprint density at radius 1 is 1.35 bits per heavy atom. The Bertz CT molecular complexity index is 587. The highest BCUT2D eigenvalue weighted by molar-refractivity contribution is 5.87. The molecule has 2 rings (SSSR count). The van der Waals surface area contributed by atoms with E-state index in [0.29, 0.717) is 11.3 Å². The number of rotatable bonds is 2. The quantitative estimate of drug-likeness (QED) is 0.740. The van der Waals surface area contributed by atoms with Gasteiger partial charge in [-0.1, -0.05) is 6.07 Å². The van der Waals surface area contributed by atoms with Gasteiger partial charge >= 0.3 is 5.97 Å². The second kappa shape index (κ2) is 3.93. The van der Waals surface area contributed by atoms with Crippen molar-refractivity contribution in [2.75, 3.05) is 0 Å². The van der Waals surface area contributed by atoms with Crippen molar-refractivity contribution in [3.05, 3.63) is 35.0 Å². The molecule has 0 aliphatic rings. The summed E-state index contributed by atoms with van der Waals surface area (Å²) in [5.74, 6) is -0.981. The summed E-state index contributed by atoms with van der Waals surface area (Å²) in [5.41, 5.74) is 2.89. The van der Waals surface area contributed by atoms with E-state index in [9.17, 15) is 9.90 Å². The Labute approximate surface area is 97.7 Å². The van der Waals surface area contributed by atoms with Gasteiger partial charge in [0, 0.05) is 5.56 Å². The minimum Gasteiger partial charge on any atom is -0.507 e. The minimum absolute atomic E-state index is 0.000283. The first kappa shape index (κ1) is 11.2. The highest BCUT2D eigenvalue weighted by Gasteiger charge is 2.15.